The lowest BCUT2D eigenvalue weighted by Crippen LogP contribution is -2.52. The number of carbonyl (C=O) groups is 2. The van der Waals surface area contributed by atoms with Crippen molar-refractivity contribution < 1.29 is 18.0 Å². The zero-order valence-corrected chi connectivity index (χ0v) is 23.6. The van der Waals surface area contributed by atoms with Crippen LogP contribution in [0.5, 0.6) is 0 Å². The van der Waals surface area contributed by atoms with Crippen LogP contribution in [-0.2, 0) is 26.2 Å². The van der Waals surface area contributed by atoms with E-state index in [2.05, 4.69) is 5.32 Å². The molecule has 1 unspecified atom stereocenters. The van der Waals surface area contributed by atoms with Crippen molar-refractivity contribution in [3.63, 3.8) is 0 Å². The smallest absolute Gasteiger partial charge is 0.244 e. The molecule has 1 aliphatic carbocycles. The van der Waals surface area contributed by atoms with Crippen LogP contribution in [0.2, 0.25) is 20.1 Å². The Hall–Kier alpha value is -1.71. The van der Waals surface area contributed by atoms with Crippen molar-refractivity contribution in [3.05, 3.63) is 62.1 Å². The standard InChI is InChI=1S/C24H27Cl4N3O4S/c1-15(24(33)29-20-5-3-4-6-20)30(13-16-7-8-17(25)12-22(16)28)23(32)14-31(36(2,34)35)21-10-18(26)9-19(27)11-21/h7-12,15,20H,3-6,13-14H2,1-2H3,(H,29,33). The Morgan fingerprint density at radius 1 is 1.00 bits per heavy atom. The average Bonchev–Trinajstić information content (AvgIpc) is 3.28. The lowest BCUT2D eigenvalue weighted by atomic mass is 10.1. The quantitative estimate of drug-likeness (QED) is 0.413. The van der Waals surface area contributed by atoms with Crippen molar-refractivity contribution in [1.29, 1.82) is 0 Å². The van der Waals surface area contributed by atoms with E-state index in [4.69, 9.17) is 46.4 Å². The van der Waals surface area contributed by atoms with Gasteiger partial charge in [0.2, 0.25) is 21.8 Å². The van der Waals surface area contributed by atoms with E-state index in [0.29, 0.717) is 15.6 Å². The molecule has 2 aromatic rings. The first-order chi connectivity index (χ1) is 16.8. The van der Waals surface area contributed by atoms with Crippen LogP contribution in [0.1, 0.15) is 38.2 Å². The molecule has 0 aromatic heterocycles. The lowest BCUT2D eigenvalue weighted by molar-refractivity contribution is -0.139. The number of amides is 2. The maximum atomic E-state index is 13.6. The van der Waals surface area contributed by atoms with Gasteiger partial charge in [-0.05, 0) is 55.7 Å². The minimum Gasteiger partial charge on any atom is -0.352 e. The van der Waals surface area contributed by atoms with Crippen LogP contribution < -0.4 is 9.62 Å². The molecule has 7 nitrogen and oxygen atoms in total. The number of nitrogens with zero attached hydrogens (tertiary/aromatic N) is 2. The summed E-state index contributed by atoms with van der Waals surface area (Å²) in [5, 5.41) is 4.18. The monoisotopic (exact) mass is 593 g/mol. The van der Waals surface area contributed by atoms with Crippen LogP contribution in [-0.4, -0.2) is 50.0 Å². The van der Waals surface area contributed by atoms with E-state index in [0.717, 1.165) is 36.2 Å². The predicted molar refractivity (Wildman–Crippen MR) is 146 cm³/mol. The second-order valence-corrected chi connectivity index (χ2v) is 12.4. The van der Waals surface area contributed by atoms with Crippen molar-refractivity contribution in [3.8, 4) is 0 Å². The summed E-state index contributed by atoms with van der Waals surface area (Å²) in [6.45, 7) is 1.01. The van der Waals surface area contributed by atoms with Gasteiger partial charge in [0.05, 0.1) is 11.9 Å². The predicted octanol–water partition coefficient (Wildman–Crippen LogP) is 5.54. The highest BCUT2D eigenvalue weighted by molar-refractivity contribution is 7.92. The van der Waals surface area contributed by atoms with E-state index in [9.17, 15) is 18.0 Å². The first-order valence-electron chi connectivity index (χ1n) is 11.3. The van der Waals surface area contributed by atoms with Gasteiger partial charge < -0.3 is 10.2 Å². The number of halogens is 4. The normalized spacial score (nSPS) is 14.9. The number of nitrogens with one attached hydrogen (secondary N) is 1. The molecular weight excluding hydrogens is 568 g/mol. The zero-order chi connectivity index (χ0) is 26.6. The van der Waals surface area contributed by atoms with Gasteiger partial charge in [0.25, 0.3) is 0 Å². The van der Waals surface area contributed by atoms with Gasteiger partial charge in [0.1, 0.15) is 12.6 Å². The minimum absolute atomic E-state index is 0.0258. The molecule has 12 heteroatoms. The number of hydrogen-bond acceptors (Lipinski definition) is 4. The van der Waals surface area contributed by atoms with Gasteiger partial charge in [-0.3, -0.25) is 13.9 Å². The van der Waals surface area contributed by atoms with Crippen LogP contribution >= 0.6 is 46.4 Å². The lowest BCUT2D eigenvalue weighted by Gasteiger charge is -2.32. The topological polar surface area (TPSA) is 86.8 Å². The highest BCUT2D eigenvalue weighted by atomic mass is 35.5. The van der Waals surface area contributed by atoms with E-state index in [-0.39, 0.29) is 34.2 Å². The van der Waals surface area contributed by atoms with Crippen LogP contribution in [0.4, 0.5) is 5.69 Å². The summed E-state index contributed by atoms with van der Waals surface area (Å²) in [6.07, 6.45) is 4.81. The Morgan fingerprint density at radius 3 is 2.17 bits per heavy atom. The summed E-state index contributed by atoms with van der Waals surface area (Å²) in [5.74, 6) is -0.923. The Morgan fingerprint density at radius 2 is 1.61 bits per heavy atom. The first-order valence-corrected chi connectivity index (χ1v) is 14.7. The third-order valence-corrected chi connectivity index (χ3v) is 8.20. The van der Waals surface area contributed by atoms with Gasteiger partial charge in [-0.15, -0.1) is 0 Å². The number of anilines is 1. The highest BCUT2D eigenvalue weighted by Crippen LogP contribution is 2.28. The van der Waals surface area contributed by atoms with E-state index in [1.54, 1.807) is 25.1 Å². The van der Waals surface area contributed by atoms with Crippen LogP contribution in [0.15, 0.2) is 36.4 Å². The Labute approximate surface area is 231 Å². The van der Waals surface area contributed by atoms with Crippen LogP contribution in [0, 0.1) is 0 Å². The summed E-state index contributed by atoms with van der Waals surface area (Å²) in [4.78, 5) is 28.0. The largest absolute Gasteiger partial charge is 0.352 e. The van der Waals surface area contributed by atoms with E-state index < -0.39 is 28.5 Å². The summed E-state index contributed by atoms with van der Waals surface area (Å²) < 4.78 is 26.2. The molecule has 0 saturated heterocycles. The maximum absolute atomic E-state index is 13.6. The zero-order valence-electron chi connectivity index (χ0n) is 19.8. The van der Waals surface area contributed by atoms with Gasteiger partial charge in [0, 0.05) is 32.7 Å². The fourth-order valence-electron chi connectivity index (χ4n) is 4.10. The Balaban J connectivity index is 1.93. The van der Waals surface area contributed by atoms with Crippen molar-refractivity contribution in [2.45, 2.75) is 51.2 Å². The van der Waals surface area contributed by atoms with E-state index in [1.807, 2.05) is 0 Å². The summed E-state index contributed by atoms with van der Waals surface area (Å²) in [7, 11) is -3.91. The van der Waals surface area contributed by atoms with E-state index >= 15 is 0 Å². The second-order valence-electron chi connectivity index (χ2n) is 8.82. The molecule has 2 amide bonds. The minimum atomic E-state index is -3.91. The van der Waals surface area contributed by atoms with Gasteiger partial charge in [-0.1, -0.05) is 65.3 Å². The Kier molecular flexibility index (Phi) is 9.80. The SMILES string of the molecule is CC(C(=O)NC1CCCC1)N(Cc1ccc(Cl)cc1Cl)C(=O)CN(c1cc(Cl)cc(Cl)c1)S(C)(=O)=O. The number of hydrogen-bond donors (Lipinski definition) is 1. The Bertz CT molecular complexity index is 1220. The molecule has 0 spiro atoms. The van der Waals surface area contributed by atoms with Crippen molar-refractivity contribution in [2.24, 2.45) is 0 Å². The fourth-order valence-corrected chi connectivity index (χ4v) is 5.92. The summed E-state index contributed by atoms with van der Waals surface area (Å²) >= 11 is 24.5. The van der Waals surface area contributed by atoms with Crippen molar-refractivity contribution >= 4 is 73.9 Å². The average molecular weight is 595 g/mol. The molecule has 1 atom stereocenters. The molecule has 2 aromatic carbocycles. The van der Waals surface area contributed by atoms with Crippen LogP contribution in [0.3, 0.4) is 0 Å². The molecule has 1 aliphatic rings. The summed E-state index contributed by atoms with van der Waals surface area (Å²) in [6, 6.07) is 8.26. The molecule has 196 valence electrons. The molecule has 0 bridgehead atoms. The number of sulfonamides is 1. The number of rotatable bonds is 9. The third kappa shape index (κ3) is 7.65. The van der Waals surface area contributed by atoms with Crippen molar-refractivity contribution in [2.75, 3.05) is 17.1 Å². The highest BCUT2D eigenvalue weighted by Gasteiger charge is 2.32. The van der Waals surface area contributed by atoms with Gasteiger partial charge in [-0.2, -0.15) is 0 Å². The maximum Gasteiger partial charge on any atom is 0.244 e. The fraction of sp³-hybridized carbons (Fsp3) is 0.417. The molecule has 1 fully saturated rings. The molecule has 1 saturated carbocycles. The van der Waals surface area contributed by atoms with Gasteiger partial charge in [0.15, 0.2) is 0 Å². The molecule has 36 heavy (non-hydrogen) atoms. The second kappa shape index (κ2) is 12.2. The van der Waals surface area contributed by atoms with Gasteiger partial charge in [-0.25, -0.2) is 8.42 Å². The number of benzene rings is 2. The molecule has 3 rings (SSSR count). The number of carbonyl (C=O) groups excluding carboxylic acids is 2. The van der Waals surface area contributed by atoms with E-state index in [1.165, 1.54) is 23.1 Å². The molecule has 0 radical (unpaired) electrons. The molecular formula is C24H27Cl4N3O4S. The third-order valence-electron chi connectivity index (χ3n) is 6.04. The van der Waals surface area contributed by atoms with Crippen molar-refractivity contribution in [1.82, 2.24) is 10.2 Å². The van der Waals surface area contributed by atoms with Gasteiger partial charge >= 0.3 is 0 Å². The van der Waals surface area contributed by atoms with Crippen LogP contribution in [0.25, 0.3) is 0 Å². The first kappa shape index (κ1) is 28.9. The molecule has 0 aliphatic heterocycles. The molecule has 1 N–H and O–H groups in total. The summed E-state index contributed by atoms with van der Waals surface area (Å²) in [5.41, 5.74) is 0.697. The molecule has 0 heterocycles.